The highest BCUT2D eigenvalue weighted by Gasteiger charge is 2.34. The van der Waals surface area contributed by atoms with E-state index in [-0.39, 0.29) is 42.8 Å². The molecule has 4 amide bonds. The van der Waals surface area contributed by atoms with Gasteiger partial charge in [-0.2, -0.15) is 0 Å². The Morgan fingerprint density at radius 3 is 1.51 bits per heavy atom. The number of hydrogen-bond donors (Lipinski definition) is 1. The molecule has 8 heteroatoms. The minimum absolute atomic E-state index is 0.0948. The molecular formula is C37H32N4O4. The molecule has 1 N–H and O–H groups in total. The van der Waals surface area contributed by atoms with Crippen LogP contribution >= 0.6 is 0 Å². The van der Waals surface area contributed by atoms with Crippen LogP contribution < -0.4 is 10.2 Å². The molecule has 5 aromatic carbocycles. The van der Waals surface area contributed by atoms with Gasteiger partial charge in [-0.05, 0) is 67.1 Å². The summed E-state index contributed by atoms with van der Waals surface area (Å²) in [5, 5.41) is 6.57. The van der Waals surface area contributed by atoms with Crippen molar-refractivity contribution in [1.82, 2.24) is 9.80 Å². The van der Waals surface area contributed by atoms with Gasteiger partial charge in [-0.1, -0.05) is 54.6 Å². The van der Waals surface area contributed by atoms with E-state index < -0.39 is 0 Å². The van der Waals surface area contributed by atoms with E-state index in [4.69, 9.17) is 0 Å². The highest BCUT2D eigenvalue weighted by molar-refractivity contribution is 6.26. The number of benzene rings is 5. The summed E-state index contributed by atoms with van der Waals surface area (Å²) in [6, 6.07) is 30.1. The largest absolute Gasteiger partial charge is 0.383 e. The number of amides is 4. The Hall–Kier alpha value is -5.50. The fraction of sp³-hybridized carbons (Fsp3) is 0.189. The highest BCUT2D eigenvalue weighted by atomic mass is 16.2. The molecule has 0 radical (unpaired) electrons. The van der Waals surface area contributed by atoms with Crippen LogP contribution in [0.3, 0.4) is 0 Å². The molecule has 5 aromatic rings. The van der Waals surface area contributed by atoms with Gasteiger partial charge in [-0.3, -0.25) is 29.0 Å². The molecular weight excluding hydrogens is 564 g/mol. The van der Waals surface area contributed by atoms with Gasteiger partial charge >= 0.3 is 0 Å². The lowest BCUT2D eigenvalue weighted by Gasteiger charge is -2.33. The molecule has 7 rings (SSSR count). The van der Waals surface area contributed by atoms with Crippen LogP contribution in [0.5, 0.6) is 0 Å². The average Bonchev–Trinajstić information content (AvgIpc) is 3.05. The van der Waals surface area contributed by atoms with Crippen molar-refractivity contribution in [3.05, 3.63) is 119 Å². The van der Waals surface area contributed by atoms with Gasteiger partial charge in [0.05, 0.1) is 0 Å². The highest BCUT2D eigenvalue weighted by Crippen LogP contribution is 2.31. The van der Waals surface area contributed by atoms with E-state index in [1.807, 2.05) is 72.8 Å². The number of nitrogens with zero attached hydrogens (tertiary/aromatic N) is 3. The fourth-order valence-corrected chi connectivity index (χ4v) is 6.57. The monoisotopic (exact) mass is 596 g/mol. The Morgan fingerprint density at radius 1 is 0.600 bits per heavy atom. The zero-order chi connectivity index (χ0) is 31.2. The van der Waals surface area contributed by atoms with Crippen LogP contribution in [-0.4, -0.2) is 65.6 Å². The van der Waals surface area contributed by atoms with Crippen molar-refractivity contribution in [3.8, 4) is 0 Å². The van der Waals surface area contributed by atoms with Crippen LogP contribution in [-0.2, 0) is 0 Å². The van der Waals surface area contributed by atoms with Crippen LogP contribution in [0.2, 0.25) is 0 Å². The molecule has 0 bridgehead atoms. The van der Waals surface area contributed by atoms with Gasteiger partial charge < -0.3 is 10.2 Å². The fourth-order valence-electron chi connectivity index (χ4n) is 6.57. The van der Waals surface area contributed by atoms with Gasteiger partial charge in [0.2, 0.25) is 0 Å². The third-order valence-corrected chi connectivity index (χ3v) is 8.74. The number of carbonyl (C=O) groups excluding carboxylic acids is 4. The van der Waals surface area contributed by atoms with Gasteiger partial charge in [0.25, 0.3) is 23.6 Å². The first-order valence-electron chi connectivity index (χ1n) is 15.2. The molecule has 0 unspecified atom stereocenters. The molecule has 8 nitrogen and oxygen atoms in total. The summed E-state index contributed by atoms with van der Waals surface area (Å²) in [5.74, 6) is -1.12. The van der Waals surface area contributed by atoms with Crippen molar-refractivity contribution in [2.24, 2.45) is 0 Å². The Kier molecular flexibility index (Phi) is 7.04. The Morgan fingerprint density at radius 2 is 1.04 bits per heavy atom. The average molecular weight is 597 g/mol. The van der Waals surface area contributed by atoms with Crippen LogP contribution in [0.1, 0.15) is 55.3 Å². The summed E-state index contributed by atoms with van der Waals surface area (Å²) in [6.45, 7) is 5.43. The number of anilines is 2. The molecule has 0 aliphatic carbocycles. The van der Waals surface area contributed by atoms with Crippen molar-refractivity contribution < 1.29 is 19.2 Å². The van der Waals surface area contributed by atoms with E-state index in [0.717, 1.165) is 32.9 Å². The first-order valence-corrected chi connectivity index (χ1v) is 15.2. The van der Waals surface area contributed by atoms with Gasteiger partial charge in [0.1, 0.15) is 0 Å². The summed E-state index contributed by atoms with van der Waals surface area (Å²) in [6.07, 6.45) is 0. The third-order valence-electron chi connectivity index (χ3n) is 8.74. The van der Waals surface area contributed by atoms with Crippen LogP contribution in [0.25, 0.3) is 21.5 Å². The molecule has 0 saturated heterocycles. The molecule has 45 heavy (non-hydrogen) atoms. The van der Waals surface area contributed by atoms with Gasteiger partial charge in [-0.25, -0.2) is 0 Å². The summed E-state index contributed by atoms with van der Waals surface area (Å²) in [7, 11) is 0. The van der Waals surface area contributed by atoms with E-state index in [1.165, 1.54) is 9.80 Å². The van der Waals surface area contributed by atoms with E-state index >= 15 is 0 Å². The quantitative estimate of drug-likeness (QED) is 0.204. The predicted octanol–water partition coefficient (Wildman–Crippen LogP) is 6.21. The first-order chi connectivity index (χ1) is 21.8. The van der Waals surface area contributed by atoms with Gasteiger partial charge in [0.15, 0.2) is 0 Å². The number of carbonyl (C=O) groups is 4. The normalized spacial score (nSPS) is 14.2. The summed E-state index contributed by atoms with van der Waals surface area (Å²) < 4.78 is 0. The Bertz CT molecular complexity index is 1930. The van der Waals surface area contributed by atoms with E-state index in [2.05, 4.69) is 24.1 Å². The van der Waals surface area contributed by atoms with Crippen molar-refractivity contribution in [1.29, 1.82) is 0 Å². The summed E-state index contributed by atoms with van der Waals surface area (Å²) in [4.78, 5) is 58.2. The van der Waals surface area contributed by atoms with E-state index in [1.54, 1.807) is 24.3 Å². The van der Waals surface area contributed by atoms with Gasteiger partial charge in [-0.15, -0.1) is 0 Å². The maximum Gasteiger partial charge on any atom is 0.261 e. The second-order valence-corrected chi connectivity index (χ2v) is 11.7. The lowest BCUT2D eigenvalue weighted by molar-refractivity contribution is 0.0600. The first kappa shape index (κ1) is 28.3. The van der Waals surface area contributed by atoms with Crippen molar-refractivity contribution in [2.75, 3.05) is 36.4 Å². The second-order valence-electron chi connectivity index (χ2n) is 11.7. The zero-order valence-electron chi connectivity index (χ0n) is 25.1. The van der Waals surface area contributed by atoms with E-state index in [9.17, 15) is 19.2 Å². The van der Waals surface area contributed by atoms with Gasteiger partial charge in [0, 0.05) is 76.6 Å². The molecule has 0 saturated carbocycles. The van der Waals surface area contributed by atoms with E-state index in [0.29, 0.717) is 35.3 Å². The summed E-state index contributed by atoms with van der Waals surface area (Å²) >= 11 is 0. The van der Waals surface area contributed by atoms with Crippen LogP contribution in [0.15, 0.2) is 97.1 Å². The predicted molar refractivity (Wildman–Crippen MR) is 176 cm³/mol. The molecule has 0 aromatic heterocycles. The lowest BCUT2D eigenvalue weighted by Crippen LogP contribution is -2.46. The molecule has 2 aliphatic rings. The minimum Gasteiger partial charge on any atom is -0.383 e. The molecule has 0 spiro atoms. The molecule has 2 heterocycles. The van der Waals surface area contributed by atoms with Crippen LogP contribution in [0, 0.1) is 0 Å². The Labute approximate surface area is 260 Å². The number of hydrogen-bond acceptors (Lipinski definition) is 6. The lowest BCUT2D eigenvalue weighted by atomic mass is 9.94. The molecule has 0 atom stereocenters. The third kappa shape index (κ3) is 4.79. The maximum atomic E-state index is 13.4. The SMILES string of the molecule is CC(C)N(CCN1C(=O)c2cccc3cccc(c23)C1=O)c1cccc(NCCN2C(=O)c3cccc4cccc(c34)C2=O)c1. The smallest absolute Gasteiger partial charge is 0.261 e. The molecule has 224 valence electrons. The second kappa shape index (κ2) is 11.2. The van der Waals surface area contributed by atoms with Crippen molar-refractivity contribution in [3.63, 3.8) is 0 Å². The molecule has 0 fully saturated rings. The Balaban J connectivity index is 1.04. The maximum absolute atomic E-state index is 13.4. The van der Waals surface area contributed by atoms with Crippen molar-refractivity contribution in [2.45, 2.75) is 19.9 Å². The number of imide groups is 2. The van der Waals surface area contributed by atoms with Crippen LogP contribution in [0.4, 0.5) is 11.4 Å². The molecule has 2 aliphatic heterocycles. The van der Waals surface area contributed by atoms with Crippen molar-refractivity contribution >= 4 is 56.5 Å². The minimum atomic E-state index is -0.286. The zero-order valence-corrected chi connectivity index (χ0v) is 25.1. The summed E-state index contributed by atoms with van der Waals surface area (Å²) in [5.41, 5.74) is 3.96. The number of nitrogens with one attached hydrogen (secondary N) is 1. The standard InChI is InChI=1S/C37H32N4O4/c1-23(2)39(20-21-41-36(44)30-16-5-10-25-11-6-17-31(33(25)30)37(41)45)27-13-7-12-26(22-27)38-18-19-40-34(42)28-14-3-8-24-9-4-15-29(32(24)28)35(40)43/h3-17,22-23,38H,18-21H2,1-2H3. The number of rotatable bonds is 9. The topological polar surface area (TPSA) is 90.0 Å².